The number of carbonyl (C=O) groups excluding carboxylic acids is 2. The molecule has 1 saturated heterocycles. The molecule has 0 bridgehead atoms. The lowest BCUT2D eigenvalue weighted by molar-refractivity contribution is -0.138. The van der Waals surface area contributed by atoms with Gasteiger partial charge in [0.1, 0.15) is 5.92 Å². The van der Waals surface area contributed by atoms with E-state index in [0.717, 1.165) is 0 Å². The average molecular weight is 383 g/mol. The van der Waals surface area contributed by atoms with E-state index in [1.54, 1.807) is 13.8 Å². The number of diazo groups is 1. The topological polar surface area (TPSA) is 113 Å². The fourth-order valence-electron chi connectivity index (χ4n) is 2.27. The van der Waals surface area contributed by atoms with Crippen molar-refractivity contribution in [2.24, 2.45) is 5.92 Å². The predicted molar refractivity (Wildman–Crippen MR) is 98.8 cm³/mol. The summed E-state index contributed by atoms with van der Waals surface area (Å²) in [6, 6.07) is 0. The molecule has 8 nitrogen and oxygen atoms in total. The summed E-state index contributed by atoms with van der Waals surface area (Å²) in [6.45, 7) is 13.9. The summed E-state index contributed by atoms with van der Waals surface area (Å²) in [4.78, 5) is 26.4. The van der Waals surface area contributed by atoms with Crippen LogP contribution >= 0.6 is 0 Å². The Hall–Kier alpha value is -2.18. The number of nitrogens with zero attached hydrogens (tertiary/aromatic N) is 2. The van der Waals surface area contributed by atoms with Crippen molar-refractivity contribution in [1.29, 1.82) is 5.39 Å². The first kappa shape index (κ1) is 21.9. The lowest BCUT2D eigenvalue weighted by Crippen LogP contribution is -2.55. The highest BCUT2D eigenvalue weighted by Gasteiger charge is 2.45. The van der Waals surface area contributed by atoms with E-state index in [1.165, 1.54) is 6.08 Å². The van der Waals surface area contributed by atoms with Gasteiger partial charge in [0.15, 0.2) is 13.3 Å². The molecule has 1 heterocycles. The average Bonchev–Trinajstić information content (AvgIpc) is 2.45. The summed E-state index contributed by atoms with van der Waals surface area (Å²) in [5.41, 5.74) is -0.235. The van der Waals surface area contributed by atoms with Crippen LogP contribution in [0.15, 0.2) is 23.2 Å². The Morgan fingerprint density at radius 2 is 2.04 bits per heavy atom. The molecule has 1 rings (SSSR count). The zero-order valence-electron chi connectivity index (χ0n) is 16.4. The van der Waals surface area contributed by atoms with Crippen molar-refractivity contribution < 1.29 is 23.9 Å². The van der Waals surface area contributed by atoms with Gasteiger partial charge in [0, 0.05) is 11.8 Å². The molecule has 144 valence electrons. The van der Waals surface area contributed by atoms with Crippen LogP contribution in [0.2, 0.25) is 18.1 Å². The van der Waals surface area contributed by atoms with Gasteiger partial charge >= 0.3 is 11.7 Å². The van der Waals surface area contributed by atoms with E-state index in [2.05, 4.69) is 44.2 Å². The Balaban J connectivity index is 3.05. The number of carbonyl (C=O) groups is 2. The Bertz CT molecular complexity index is 685. The summed E-state index contributed by atoms with van der Waals surface area (Å²) in [5, 5.41) is 21.5. The van der Waals surface area contributed by atoms with Gasteiger partial charge in [-0.05, 0) is 32.0 Å². The van der Waals surface area contributed by atoms with E-state index in [1.807, 2.05) is 0 Å². The number of allylic oxidation sites excluding steroid dienone is 1. The fraction of sp³-hybridized carbons (Fsp3) is 0.647. The molecule has 0 aliphatic carbocycles. The number of aliphatic hydroxyl groups excluding tert-OH is 1. The van der Waals surface area contributed by atoms with Crippen molar-refractivity contribution in [2.45, 2.75) is 58.9 Å². The number of hydrogen-bond acceptors (Lipinski definition) is 6. The van der Waals surface area contributed by atoms with Gasteiger partial charge in [-0.1, -0.05) is 20.8 Å². The second-order valence-electron chi connectivity index (χ2n) is 7.70. The summed E-state index contributed by atoms with van der Waals surface area (Å²) < 4.78 is 10.9. The van der Waals surface area contributed by atoms with E-state index in [-0.39, 0.29) is 17.6 Å². The van der Waals surface area contributed by atoms with Gasteiger partial charge in [-0.25, -0.2) is 4.79 Å². The molecule has 2 N–H and O–H groups in total. The Morgan fingerprint density at radius 1 is 1.46 bits per heavy atom. The Kier molecular flexibility index (Phi) is 6.74. The zero-order valence-corrected chi connectivity index (χ0v) is 17.4. The fourth-order valence-corrected chi connectivity index (χ4v) is 3.69. The third-order valence-electron chi connectivity index (χ3n) is 4.74. The molecule has 0 aromatic rings. The van der Waals surface area contributed by atoms with Crippen LogP contribution in [0.25, 0.3) is 4.98 Å². The molecular weight excluding hydrogens is 354 g/mol. The number of rotatable bonds is 6. The van der Waals surface area contributed by atoms with E-state index in [0.29, 0.717) is 5.70 Å². The molecule has 1 aliphatic heterocycles. The third kappa shape index (κ3) is 4.71. The number of ether oxygens (including phenoxy) is 1. The highest BCUT2D eigenvalue weighted by molar-refractivity contribution is 6.74. The van der Waals surface area contributed by atoms with Crippen LogP contribution in [0, 0.1) is 11.3 Å². The first-order valence-electron chi connectivity index (χ1n) is 8.51. The quantitative estimate of drug-likeness (QED) is 0.182. The van der Waals surface area contributed by atoms with E-state index >= 15 is 0 Å². The lowest BCUT2D eigenvalue weighted by atomic mass is 9.90. The number of β-lactam (4-membered cyclic amide) rings is 1. The monoisotopic (exact) mass is 382 g/mol. The second kappa shape index (κ2) is 8.01. The maximum Gasteiger partial charge on any atom is 0.509 e. The van der Waals surface area contributed by atoms with Gasteiger partial charge in [-0.15, -0.1) is 0 Å². The summed E-state index contributed by atoms with van der Waals surface area (Å²) >= 11 is 0. The molecule has 0 unspecified atom stereocenters. The van der Waals surface area contributed by atoms with Crippen molar-refractivity contribution in [3.8, 4) is 0 Å². The highest BCUT2D eigenvalue weighted by atomic mass is 28.4. The maximum absolute atomic E-state index is 12.0. The Morgan fingerprint density at radius 3 is 2.46 bits per heavy atom. The molecule has 0 aromatic heterocycles. The molecule has 0 spiro atoms. The number of esters is 1. The first-order valence-corrected chi connectivity index (χ1v) is 11.4. The van der Waals surface area contributed by atoms with Crippen LogP contribution < -0.4 is 5.32 Å². The van der Waals surface area contributed by atoms with Crippen molar-refractivity contribution in [3.05, 3.63) is 28.2 Å². The van der Waals surface area contributed by atoms with Crippen LogP contribution in [0.4, 0.5) is 0 Å². The minimum atomic E-state index is -2.08. The van der Waals surface area contributed by atoms with Crippen LogP contribution in [-0.4, -0.2) is 38.0 Å². The maximum atomic E-state index is 12.0. The molecule has 2 atom stereocenters. The largest absolute Gasteiger partial charge is 0.509 e. The number of aliphatic hydroxyl groups is 1. The van der Waals surface area contributed by atoms with Crippen LogP contribution in [0.5, 0.6) is 0 Å². The van der Waals surface area contributed by atoms with Crippen LogP contribution in [0.1, 0.15) is 34.6 Å². The summed E-state index contributed by atoms with van der Waals surface area (Å²) in [5.74, 6) is -2.37. The van der Waals surface area contributed by atoms with Crippen molar-refractivity contribution >= 4 is 20.2 Å². The van der Waals surface area contributed by atoms with Gasteiger partial charge in [0.25, 0.3) is 0 Å². The first-order chi connectivity index (χ1) is 11.9. The van der Waals surface area contributed by atoms with Crippen molar-refractivity contribution in [1.82, 2.24) is 5.32 Å². The molecular formula is C17H28N3O5Si+. The number of hydrogen-bond donors (Lipinski definition) is 2. The lowest BCUT2D eigenvalue weighted by Gasteiger charge is -2.42. The molecule has 1 aliphatic rings. The summed E-state index contributed by atoms with van der Waals surface area (Å²) in [7, 11) is -2.08. The zero-order chi connectivity index (χ0) is 20.3. The highest BCUT2D eigenvalue weighted by Crippen LogP contribution is 2.39. The normalized spacial score (nSPS) is 21.2. The Labute approximate surface area is 155 Å². The molecule has 0 aromatic carbocycles. The van der Waals surface area contributed by atoms with Gasteiger partial charge in [-0.3, -0.25) is 4.79 Å². The second-order valence-corrected chi connectivity index (χ2v) is 12.5. The van der Waals surface area contributed by atoms with Gasteiger partial charge < -0.3 is 19.6 Å². The van der Waals surface area contributed by atoms with E-state index in [9.17, 15) is 14.7 Å². The van der Waals surface area contributed by atoms with Crippen LogP contribution in [-0.2, 0) is 18.8 Å². The van der Waals surface area contributed by atoms with E-state index in [4.69, 9.17) is 14.6 Å². The van der Waals surface area contributed by atoms with Crippen LogP contribution in [0.3, 0.4) is 0 Å². The van der Waals surface area contributed by atoms with E-state index < -0.39 is 37.8 Å². The molecule has 1 amide bonds. The minimum Gasteiger partial charge on any atom is -0.501 e. The number of nitrogens with one attached hydrogen (secondary N) is 1. The molecule has 9 heteroatoms. The smallest absolute Gasteiger partial charge is 0.501 e. The molecule has 1 fully saturated rings. The number of amides is 1. The molecule has 0 saturated carbocycles. The van der Waals surface area contributed by atoms with Gasteiger partial charge in [-0.2, -0.15) is 0 Å². The summed E-state index contributed by atoms with van der Waals surface area (Å²) in [6.07, 6.45) is 0.782. The van der Waals surface area contributed by atoms with Gasteiger partial charge in [0.05, 0.1) is 12.7 Å². The van der Waals surface area contributed by atoms with Gasteiger partial charge in [0.2, 0.25) is 17.1 Å². The predicted octanol–water partition coefficient (Wildman–Crippen LogP) is 3.21. The molecule has 26 heavy (non-hydrogen) atoms. The third-order valence-corrected chi connectivity index (χ3v) is 9.32. The SMILES string of the molecule is CCOC(=O)/C([N+]#N)=C(O)/C=C1\NC(=O)[C@@H]1[C@@H](C)O[Si](C)(C)C(C)(C)C. The minimum absolute atomic E-state index is 0.0136. The molecule has 0 radical (unpaired) electrons. The van der Waals surface area contributed by atoms with Crippen molar-refractivity contribution in [3.63, 3.8) is 0 Å². The van der Waals surface area contributed by atoms with Crippen molar-refractivity contribution in [2.75, 3.05) is 6.61 Å². The standard InChI is InChI=1S/C17H27N3O5Si/c1-8-24-16(23)14(20-18)12(21)9-11-13(15(22)19-11)10(2)25-26(6,7)17(3,4)5/h9-10,13H,8H2,1-7H3,(H-,19,21,22,23)/p+1/t10-,13-/m1/s1.